The van der Waals surface area contributed by atoms with E-state index in [0.29, 0.717) is 17.2 Å². The fourth-order valence-electron chi connectivity index (χ4n) is 2.15. The van der Waals surface area contributed by atoms with Crippen LogP contribution in [-0.2, 0) is 4.79 Å². The summed E-state index contributed by atoms with van der Waals surface area (Å²) in [7, 11) is 0. The highest BCUT2D eigenvalue weighted by molar-refractivity contribution is 7.99. The number of carbonyl (C=O) groups is 2. The van der Waals surface area contributed by atoms with E-state index in [2.05, 4.69) is 0 Å². The van der Waals surface area contributed by atoms with Crippen molar-refractivity contribution in [1.29, 1.82) is 0 Å². The third kappa shape index (κ3) is 2.11. The first-order valence-electron chi connectivity index (χ1n) is 5.76. The number of hydrogen-bond acceptors (Lipinski definition) is 4. The second-order valence-electron chi connectivity index (χ2n) is 4.27. The van der Waals surface area contributed by atoms with Gasteiger partial charge in [0.25, 0.3) is 5.91 Å². The molecule has 0 saturated carbocycles. The molecule has 4 nitrogen and oxygen atoms in total. The number of thiophene rings is 1. The fraction of sp³-hybridized carbons (Fsp3) is 0.231. The number of aliphatic carboxylic acids is 1. The molecule has 98 valence electrons. The lowest BCUT2D eigenvalue weighted by Crippen LogP contribution is -2.41. The van der Waals surface area contributed by atoms with Crippen molar-refractivity contribution in [3.05, 3.63) is 35.2 Å². The minimum Gasteiger partial charge on any atom is -0.480 e. The van der Waals surface area contributed by atoms with Crippen molar-refractivity contribution in [3.8, 4) is 0 Å². The third-order valence-electron chi connectivity index (χ3n) is 3.14. The van der Waals surface area contributed by atoms with Gasteiger partial charge in [-0.25, -0.2) is 4.79 Å². The van der Waals surface area contributed by atoms with Gasteiger partial charge in [-0.2, -0.15) is 0 Å². The van der Waals surface area contributed by atoms with Gasteiger partial charge in [0.05, 0.1) is 11.4 Å². The first-order valence-corrected chi connectivity index (χ1v) is 7.79. The second-order valence-corrected chi connectivity index (χ2v) is 6.19. The molecule has 1 aromatic heterocycles. The van der Waals surface area contributed by atoms with Crippen LogP contribution in [0.2, 0.25) is 0 Å². The Hall–Kier alpha value is -1.53. The Morgan fingerprint density at radius 1 is 1.32 bits per heavy atom. The number of carboxylic acids is 1. The lowest BCUT2D eigenvalue weighted by atomic mass is 10.1. The van der Waals surface area contributed by atoms with E-state index in [0.717, 1.165) is 10.1 Å². The SMILES string of the molecule is O=C(O)C1CSCN1C(=O)c1csc2ccccc12. The van der Waals surface area contributed by atoms with Crippen molar-refractivity contribution in [3.63, 3.8) is 0 Å². The molecule has 19 heavy (non-hydrogen) atoms. The van der Waals surface area contributed by atoms with Gasteiger partial charge in [-0.15, -0.1) is 23.1 Å². The predicted octanol–water partition coefficient (Wildman–Crippen LogP) is 2.50. The molecular weight excluding hydrogens is 282 g/mol. The number of fused-ring (bicyclic) bond motifs is 1. The van der Waals surface area contributed by atoms with Crippen LogP contribution in [0.25, 0.3) is 10.1 Å². The van der Waals surface area contributed by atoms with Crippen LogP contribution in [0.1, 0.15) is 10.4 Å². The zero-order valence-corrected chi connectivity index (χ0v) is 11.5. The van der Waals surface area contributed by atoms with E-state index in [1.807, 2.05) is 29.6 Å². The summed E-state index contributed by atoms with van der Waals surface area (Å²) < 4.78 is 1.05. The molecule has 0 bridgehead atoms. The average Bonchev–Trinajstić information content (AvgIpc) is 3.05. The van der Waals surface area contributed by atoms with Crippen LogP contribution >= 0.6 is 23.1 Å². The summed E-state index contributed by atoms with van der Waals surface area (Å²) in [6, 6.07) is 6.97. The summed E-state index contributed by atoms with van der Waals surface area (Å²) in [6.45, 7) is 0. The number of nitrogens with zero attached hydrogens (tertiary/aromatic N) is 1. The molecule has 6 heteroatoms. The molecule has 1 N–H and O–H groups in total. The van der Waals surface area contributed by atoms with Crippen molar-refractivity contribution in [2.45, 2.75) is 6.04 Å². The number of hydrogen-bond donors (Lipinski definition) is 1. The maximum atomic E-state index is 12.5. The summed E-state index contributed by atoms with van der Waals surface area (Å²) in [5.74, 6) is -0.212. The van der Waals surface area contributed by atoms with Crippen molar-refractivity contribution in [2.24, 2.45) is 0 Å². The minimum atomic E-state index is -0.933. The Labute approximate surface area is 118 Å². The molecule has 0 aliphatic carbocycles. The molecule has 1 atom stereocenters. The summed E-state index contributed by atoms with van der Waals surface area (Å²) in [6.07, 6.45) is 0. The van der Waals surface area contributed by atoms with Gasteiger partial charge in [-0.1, -0.05) is 18.2 Å². The van der Waals surface area contributed by atoms with Gasteiger partial charge in [-0.3, -0.25) is 4.79 Å². The lowest BCUT2D eigenvalue weighted by Gasteiger charge is -2.20. The zero-order chi connectivity index (χ0) is 13.4. The highest BCUT2D eigenvalue weighted by Gasteiger charge is 2.35. The molecule has 1 aromatic carbocycles. The van der Waals surface area contributed by atoms with E-state index in [9.17, 15) is 9.59 Å². The molecule has 1 amide bonds. The first-order chi connectivity index (χ1) is 9.18. The van der Waals surface area contributed by atoms with Gasteiger partial charge in [0.2, 0.25) is 0 Å². The fourth-order valence-corrected chi connectivity index (χ4v) is 4.23. The molecule has 2 aromatic rings. The van der Waals surface area contributed by atoms with Crippen molar-refractivity contribution >= 4 is 45.1 Å². The summed E-state index contributed by atoms with van der Waals surface area (Å²) >= 11 is 2.99. The minimum absolute atomic E-state index is 0.185. The van der Waals surface area contributed by atoms with Crippen LogP contribution in [0, 0.1) is 0 Å². The Morgan fingerprint density at radius 3 is 2.89 bits per heavy atom. The van der Waals surface area contributed by atoms with Gasteiger partial charge in [0.1, 0.15) is 6.04 Å². The van der Waals surface area contributed by atoms with Crippen molar-refractivity contribution < 1.29 is 14.7 Å². The van der Waals surface area contributed by atoms with E-state index >= 15 is 0 Å². The van der Waals surface area contributed by atoms with Crippen LogP contribution in [0.15, 0.2) is 29.6 Å². The molecular formula is C13H11NO3S2. The quantitative estimate of drug-likeness (QED) is 0.924. The molecule has 1 saturated heterocycles. The molecule has 1 fully saturated rings. The van der Waals surface area contributed by atoms with E-state index in [1.54, 1.807) is 0 Å². The van der Waals surface area contributed by atoms with E-state index < -0.39 is 12.0 Å². The second kappa shape index (κ2) is 4.86. The maximum absolute atomic E-state index is 12.5. The smallest absolute Gasteiger partial charge is 0.327 e. The molecule has 1 aliphatic heterocycles. The Balaban J connectivity index is 1.98. The van der Waals surface area contributed by atoms with Gasteiger partial charge in [-0.05, 0) is 6.07 Å². The number of carboxylic acid groups (broad SMARTS) is 1. The predicted molar refractivity (Wildman–Crippen MR) is 76.7 cm³/mol. The lowest BCUT2D eigenvalue weighted by molar-refractivity contribution is -0.140. The maximum Gasteiger partial charge on any atom is 0.327 e. The monoisotopic (exact) mass is 293 g/mol. The molecule has 0 radical (unpaired) electrons. The van der Waals surface area contributed by atoms with Crippen LogP contribution in [0.5, 0.6) is 0 Å². The van der Waals surface area contributed by atoms with Gasteiger partial charge >= 0.3 is 5.97 Å². The van der Waals surface area contributed by atoms with Gasteiger partial charge < -0.3 is 10.0 Å². The summed E-state index contributed by atoms with van der Waals surface area (Å²) in [5.41, 5.74) is 0.606. The standard InChI is InChI=1S/C13H11NO3S2/c15-12(14-7-18-6-10(14)13(16)17)9-5-19-11-4-2-1-3-8(9)11/h1-5,10H,6-7H2,(H,16,17). The average molecular weight is 293 g/mol. The van der Waals surface area contributed by atoms with Gasteiger partial charge in [0, 0.05) is 21.2 Å². The highest BCUT2D eigenvalue weighted by Crippen LogP contribution is 2.30. The van der Waals surface area contributed by atoms with E-state index in [4.69, 9.17) is 5.11 Å². The number of rotatable bonds is 2. The Kier molecular flexibility index (Phi) is 3.20. The van der Waals surface area contributed by atoms with Crippen molar-refractivity contribution in [1.82, 2.24) is 4.90 Å². The molecule has 1 unspecified atom stereocenters. The number of thioether (sulfide) groups is 1. The Bertz CT molecular complexity index is 652. The molecule has 2 heterocycles. The number of benzene rings is 1. The van der Waals surface area contributed by atoms with E-state index in [1.165, 1.54) is 28.0 Å². The normalized spacial score (nSPS) is 18.9. The molecule has 0 spiro atoms. The van der Waals surface area contributed by atoms with E-state index in [-0.39, 0.29) is 5.91 Å². The van der Waals surface area contributed by atoms with Crippen LogP contribution < -0.4 is 0 Å². The van der Waals surface area contributed by atoms with Gasteiger partial charge in [0.15, 0.2) is 0 Å². The number of carbonyl (C=O) groups excluding carboxylic acids is 1. The largest absolute Gasteiger partial charge is 0.480 e. The van der Waals surface area contributed by atoms with Crippen LogP contribution in [-0.4, -0.2) is 39.6 Å². The summed E-state index contributed by atoms with van der Waals surface area (Å²) in [4.78, 5) is 25.1. The van der Waals surface area contributed by atoms with Crippen LogP contribution in [0.3, 0.4) is 0 Å². The Morgan fingerprint density at radius 2 is 2.11 bits per heavy atom. The zero-order valence-electron chi connectivity index (χ0n) is 9.91. The molecule has 1 aliphatic rings. The van der Waals surface area contributed by atoms with Crippen LogP contribution in [0.4, 0.5) is 0 Å². The third-order valence-corrected chi connectivity index (χ3v) is 5.12. The topological polar surface area (TPSA) is 57.6 Å². The first kappa shape index (κ1) is 12.5. The summed E-state index contributed by atoms with van der Waals surface area (Å²) in [5, 5.41) is 11.9. The highest BCUT2D eigenvalue weighted by atomic mass is 32.2. The van der Waals surface area contributed by atoms with Crippen molar-refractivity contribution in [2.75, 3.05) is 11.6 Å². The molecule has 3 rings (SSSR count). The number of amides is 1.